The van der Waals surface area contributed by atoms with Gasteiger partial charge in [-0.05, 0) is 36.8 Å². The van der Waals surface area contributed by atoms with Gasteiger partial charge in [-0.3, -0.25) is 4.79 Å². The normalized spacial score (nSPS) is 10.6. The largest absolute Gasteiger partial charge is 0.486 e. The van der Waals surface area contributed by atoms with Gasteiger partial charge in [-0.2, -0.15) is 0 Å². The van der Waals surface area contributed by atoms with Crippen molar-refractivity contribution < 1.29 is 13.9 Å². The van der Waals surface area contributed by atoms with E-state index in [2.05, 4.69) is 15.5 Å². The summed E-state index contributed by atoms with van der Waals surface area (Å²) in [6.45, 7) is 1.94. The number of thioether (sulfide) groups is 1. The molecule has 2 aromatic carbocycles. The van der Waals surface area contributed by atoms with E-state index in [4.69, 9.17) is 10.6 Å². The Hall–Kier alpha value is -3.07. The molecule has 0 fully saturated rings. The molecule has 0 aliphatic heterocycles. The van der Waals surface area contributed by atoms with Crippen molar-refractivity contribution in [1.29, 1.82) is 0 Å². The van der Waals surface area contributed by atoms with Crippen LogP contribution in [0, 0.1) is 12.7 Å². The fourth-order valence-electron chi connectivity index (χ4n) is 2.21. The monoisotopic (exact) mass is 387 g/mol. The molecule has 1 aromatic heterocycles. The third kappa shape index (κ3) is 4.98. The maximum atomic E-state index is 13.3. The lowest BCUT2D eigenvalue weighted by atomic mass is 10.2. The minimum Gasteiger partial charge on any atom is -0.486 e. The Morgan fingerprint density at radius 3 is 2.81 bits per heavy atom. The number of para-hydroxylation sites is 1. The molecule has 0 aliphatic carbocycles. The first-order valence-corrected chi connectivity index (χ1v) is 9.07. The molecule has 7 nitrogen and oxygen atoms in total. The van der Waals surface area contributed by atoms with Crippen LogP contribution in [0.15, 0.2) is 53.7 Å². The highest BCUT2D eigenvalue weighted by Crippen LogP contribution is 2.19. The van der Waals surface area contributed by atoms with Crippen LogP contribution in [0.4, 0.5) is 10.1 Å². The lowest BCUT2D eigenvalue weighted by molar-refractivity contribution is -0.113. The Kier molecular flexibility index (Phi) is 5.92. The zero-order valence-electron chi connectivity index (χ0n) is 14.6. The number of nitrogens with zero attached hydrogens (tertiary/aromatic N) is 3. The van der Waals surface area contributed by atoms with Gasteiger partial charge in [0.25, 0.3) is 0 Å². The Morgan fingerprint density at radius 2 is 2.04 bits per heavy atom. The van der Waals surface area contributed by atoms with Crippen molar-refractivity contribution in [1.82, 2.24) is 14.9 Å². The minimum atomic E-state index is -0.409. The van der Waals surface area contributed by atoms with Crippen LogP contribution in [0.2, 0.25) is 0 Å². The number of aromatic nitrogens is 3. The van der Waals surface area contributed by atoms with E-state index in [1.54, 1.807) is 13.0 Å². The lowest BCUT2D eigenvalue weighted by Gasteiger charge is -2.08. The molecule has 0 unspecified atom stereocenters. The first-order valence-electron chi connectivity index (χ1n) is 8.09. The number of carbonyl (C=O) groups excluding carboxylic acids is 1. The van der Waals surface area contributed by atoms with E-state index in [-0.39, 0.29) is 18.3 Å². The van der Waals surface area contributed by atoms with Gasteiger partial charge < -0.3 is 15.9 Å². The first-order chi connectivity index (χ1) is 13.0. The molecule has 140 valence electrons. The van der Waals surface area contributed by atoms with Crippen molar-refractivity contribution in [2.24, 2.45) is 0 Å². The summed E-state index contributed by atoms with van der Waals surface area (Å²) in [6, 6.07) is 13.5. The van der Waals surface area contributed by atoms with Gasteiger partial charge in [0, 0.05) is 5.69 Å². The van der Waals surface area contributed by atoms with Crippen molar-refractivity contribution in [3.63, 3.8) is 0 Å². The number of carbonyl (C=O) groups is 1. The van der Waals surface area contributed by atoms with E-state index in [0.29, 0.717) is 22.4 Å². The summed E-state index contributed by atoms with van der Waals surface area (Å²) >= 11 is 1.13. The number of amides is 1. The summed E-state index contributed by atoms with van der Waals surface area (Å²) in [4.78, 5) is 12.1. The van der Waals surface area contributed by atoms with Crippen molar-refractivity contribution in [3.05, 3.63) is 65.7 Å². The van der Waals surface area contributed by atoms with Gasteiger partial charge in [0.15, 0.2) is 5.82 Å². The number of nitrogens with one attached hydrogen (secondary N) is 1. The highest BCUT2D eigenvalue weighted by atomic mass is 32.2. The van der Waals surface area contributed by atoms with Crippen LogP contribution in [0.1, 0.15) is 11.4 Å². The van der Waals surface area contributed by atoms with Gasteiger partial charge in [-0.25, -0.2) is 9.07 Å². The third-order valence-electron chi connectivity index (χ3n) is 3.65. The number of rotatable bonds is 7. The average Bonchev–Trinajstić information content (AvgIpc) is 3.02. The molecule has 0 saturated carbocycles. The second-order valence-electron chi connectivity index (χ2n) is 5.67. The van der Waals surface area contributed by atoms with Gasteiger partial charge in [0.05, 0.1) is 5.75 Å². The maximum absolute atomic E-state index is 13.3. The molecule has 0 atom stereocenters. The van der Waals surface area contributed by atoms with Gasteiger partial charge >= 0.3 is 0 Å². The van der Waals surface area contributed by atoms with Crippen LogP contribution >= 0.6 is 11.8 Å². The highest BCUT2D eigenvalue weighted by Gasteiger charge is 2.13. The van der Waals surface area contributed by atoms with Crippen LogP contribution < -0.4 is 15.9 Å². The number of anilines is 1. The SMILES string of the molecule is Cc1ccc(F)cc1NC(=O)CSc1nnc(COc2ccccc2)n1N. The Bertz CT molecular complexity index is 933. The highest BCUT2D eigenvalue weighted by molar-refractivity contribution is 7.99. The quantitative estimate of drug-likeness (QED) is 0.478. The molecule has 0 bridgehead atoms. The molecule has 0 spiro atoms. The number of nitrogens with two attached hydrogens (primary N) is 1. The topological polar surface area (TPSA) is 95.1 Å². The Balaban J connectivity index is 1.54. The summed E-state index contributed by atoms with van der Waals surface area (Å²) in [5, 5.41) is 11.0. The molecule has 0 radical (unpaired) electrons. The van der Waals surface area contributed by atoms with Crippen LogP contribution in [0.25, 0.3) is 0 Å². The van der Waals surface area contributed by atoms with E-state index < -0.39 is 5.82 Å². The number of halogens is 1. The second kappa shape index (κ2) is 8.54. The zero-order chi connectivity index (χ0) is 19.2. The number of benzene rings is 2. The van der Waals surface area contributed by atoms with E-state index in [0.717, 1.165) is 17.3 Å². The minimum absolute atomic E-state index is 0.0603. The third-order valence-corrected chi connectivity index (χ3v) is 4.60. The van der Waals surface area contributed by atoms with Crippen LogP contribution in [-0.4, -0.2) is 26.5 Å². The molecule has 27 heavy (non-hydrogen) atoms. The van der Waals surface area contributed by atoms with E-state index in [1.165, 1.54) is 16.8 Å². The van der Waals surface area contributed by atoms with E-state index in [1.807, 2.05) is 30.3 Å². The fourth-order valence-corrected chi connectivity index (χ4v) is 2.89. The molecule has 3 aromatic rings. The van der Waals surface area contributed by atoms with Crippen LogP contribution in [0.5, 0.6) is 5.75 Å². The summed E-state index contributed by atoms with van der Waals surface area (Å²) < 4.78 is 20.2. The molecule has 0 aliphatic rings. The summed E-state index contributed by atoms with van der Waals surface area (Å²) in [5.41, 5.74) is 1.21. The van der Waals surface area contributed by atoms with E-state index in [9.17, 15) is 9.18 Å². The summed E-state index contributed by atoms with van der Waals surface area (Å²) in [7, 11) is 0. The number of hydrogen-bond acceptors (Lipinski definition) is 6. The van der Waals surface area contributed by atoms with Crippen LogP contribution in [-0.2, 0) is 11.4 Å². The number of ether oxygens (including phenoxy) is 1. The van der Waals surface area contributed by atoms with Crippen molar-refractivity contribution in [2.75, 3.05) is 16.9 Å². The first kappa shape index (κ1) is 18.7. The molecule has 3 rings (SSSR count). The van der Waals surface area contributed by atoms with Gasteiger partial charge in [-0.15, -0.1) is 10.2 Å². The lowest BCUT2D eigenvalue weighted by Crippen LogP contribution is -2.18. The average molecular weight is 387 g/mol. The molecule has 3 N–H and O–H groups in total. The van der Waals surface area contributed by atoms with E-state index >= 15 is 0 Å². The predicted molar refractivity (Wildman–Crippen MR) is 101 cm³/mol. The van der Waals surface area contributed by atoms with Crippen molar-refractivity contribution in [3.8, 4) is 5.75 Å². The molecule has 0 saturated heterocycles. The molecule has 1 heterocycles. The Morgan fingerprint density at radius 1 is 1.26 bits per heavy atom. The Labute approximate surface area is 159 Å². The summed E-state index contributed by atoms with van der Waals surface area (Å²) in [6.07, 6.45) is 0. The zero-order valence-corrected chi connectivity index (χ0v) is 15.4. The molecule has 9 heteroatoms. The number of hydrogen-bond donors (Lipinski definition) is 2. The van der Waals surface area contributed by atoms with Crippen LogP contribution in [0.3, 0.4) is 0 Å². The second-order valence-corrected chi connectivity index (χ2v) is 6.61. The van der Waals surface area contributed by atoms with Gasteiger partial charge in [0.2, 0.25) is 11.1 Å². The van der Waals surface area contributed by atoms with Crippen molar-refractivity contribution in [2.45, 2.75) is 18.7 Å². The maximum Gasteiger partial charge on any atom is 0.234 e. The molecular weight excluding hydrogens is 369 g/mol. The number of aryl methyl sites for hydroxylation is 1. The van der Waals surface area contributed by atoms with Gasteiger partial charge in [-0.1, -0.05) is 36.0 Å². The molecule has 1 amide bonds. The van der Waals surface area contributed by atoms with Crippen molar-refractivity contribution >= 4 is 23.4 Å². The smallest absolute Gasteiger partial charge is 0.234 e. The molecular formula is C18H18FN5O2S. The predicted octanol–water partition coefficient (Wildman–Crippen LogP) is 2.75. The number of nitrogen functional groups attached to an aromatic ring is 1. The standard InChI is InChI=1S/C18H18FN5O2S/c1-12-7-8-13(19)9-15(12)21-17(25)11-27-18-23-22-16(24(18)20)10-26-14-5-3-2-4-6-14/h2-9H,10-11,20H2,1H3,(H,21,25). The fraction of sp³-hybridized carbons (Fsp3) is 0.167. The van der Waals surface area contributed by atoms with Gasteiger partial charge in [0.1, 0.15) is 18.2 Å². The summed E-state index contributed by atoms with van der Waals surface area (Å²) in [5.74, 6) is 6.45.